The zero-order valence-corrected chi connectivity index (χ0v) is 14.3. The summed E-state index contributed by atoms with van der Waals surface area (Å²) in [5, 5.41) is 3.25. The van der Waals surface area contributed by atoms with Crippen LogP contribution in [0.2, 0.25) is 0 Å². The molecule has 1 aromatic carbocycles. The van der Waals surface area contributed by atoms with Gasteiger partial charge >= 0.3 is 0 Å². The number of rotatable bonds is 4. The number of aryl methyl sites for hydroxylation is 2. The normalized spacial score (nSPS) is 14.6. The van der Waals surface area contributed by atoms with E-state index in [1.54, 1.807) is 6.20 Å². The van der Waals surface area contributed by atoms with Gasteiger partial charge in [0.2, 0.25) is 5.91 Å². The largest absolute Gasteiger partial charge is 0.376 e. The summed E-state index contributed by atoms with van der Waals surface area (Å²) in [6.45, 7) is 7.60. The predicted octanol–water partition coefficient (Wildman–Crippen LogP) is 2.46. The van der Waals surface area contributed by atoms with Gasteiger partial charge < -0.3 is 15.1 Å². The molecule has 5 heteroatoms. The van der Waals surface area contributed by atoms with Gasteiger partial charge in [-0.05, 0) is 49.2 Å². The molecule has 1 aromatic heterocycles. The van der Waals surface area contributed by atoms with Crippen molar-refractivity contribution in [3.05, 3.63) is 53.7 Å². The average Bonchev–Trinajstić information content (AvgIpc) is 2.60. The molecule has 1 N–H and O–H groups in total. The van der Waals surface area contributed by atoms with E-state index in [1.165, 1.54) is 11.1 Å². The van der Waals surface area contributed by atoms with Crippen LogP contribution < -0.4 is 10.2 Å². The molecule has 0 radical (unpaired) electrons. The van der Waals surface area contributed by atoms with Gasteiger partial charge in [-0.2, -0.15) is 0 Å². The minimum absolute atomic E-state index is 0.148. The molecule has 2 heterocycles. The Balaban J connectivity index is 1.50. The number of aromatic nitrogens is 1. The summed E-state index contributed by atoms with van der Waals surface area (Å²) in [4.78, 5) is 20.9. The fraction of sp³-hybridized carbons (Fsp3) is 0.368. The predicted molar refractivity (Wildman–Crippen MR) is 97.4 cm³/mol. The van der Waals surface area contributed by atoms with Crippen LogP contribution in [-0.2, 0) is 4.79 Å². The second kappa shape index (κ2) is 7.34. The van der Waals surface area contributed by atoms with E-state index in [9.17, 15) is 4.79 Å². The number of carbonyl (C=O) groups excluding carboxylic acids is 1. The number of piperazine rings is 1. The summed E-state index contributed by atoms with van der Waals surface area (Å²) in [5.74, 6) is 1.13. The molecule has 1 aliphatic rings. The molecule has 1 aliphatic heterocycles. The zero-order valence-electron chi connectivity index (χ0n) is 14.3. The van der Waals surface area contributed by atoms with E-state index in [4.69, 9.17) is 0 Å². The highest BCUT2D eigenvalue weighted by atomic mass is 16.2. The fourth-order valence-electron chi connectivity index (χ4n) is 3.09. The molecule has 0 bridgehead atoms. The fourth-order valence-corrected chi connectivity index (χ4v) is 3.09. The first-order valence-corrected chi connectivity index (χ1v) is 8.38. The highest BCUT2D eigenvalue weighted by Crippen LogP contribution is 2.15. The zero-order chi connectivity index (χ0) is 16.9. The Morgan fingerprint density at radius 3 is 2.42 bits per heavy atom. The van der Waals surface area contributed by atoms with Gasteiger partial charge in [0, 0.05) is 38.1 Å². The number of anilines is 2. The lowest BCUT2D eigenvalue weighted by molar-refractivity contribution is -0.129. The maximum absolute atomic E-state index is 12.4. The quantitative estimate of drug-likeness (QED) is 0.938. The van der Waals surface area contributed by atoms with Crippen molar-refractivity contribution >= 4 is 17.4 Å². The molecule has 0 atom stereocenters. The first-order chi connectivity index (χ1) is 11.6. The van der Waals surface area contributed by atoms with Crippen molar-refractivity contribution in [3.8, 4) is 0 Å². The van der Waals surface area contributed by atoms with Crippen LogP contribution in [0, 0.1) is 13.8 Å². The maximum atomic E-state index is 12.4. The molecule has 0 unspecified atom stereocenters. The first kappa shape index (κ1) is 16.3. The Hall–Kier alpha value is -2.56. The summed E-state index contributed by atoms with van der Waals surface area (Å²) in [6.07, 6.45) is 1.81. The molecule has 3 rings (SSSR count). The van der Waals surface area contributed by atoms with E-state index in [-0.39, 0.29) is 5.91 Å². The highest BCUT2D eigenvalue weighted by molar-refractivity contribution is 5.81. The third kappa shape index (κ3) is 4.04. The molecule has 24 heavy (non-hydrogen) atoms. The van der Waals surface area contributed by atoms with Gasteiger partial charge in [-0.1, -0.05) is 12.1 Å². The van der Waals surface area contributed by atoms with E-state index in [2.05, 4.69) is 47.2 Å². The smallest absolute Gasteiger partial charge is 0.241 e. The van der Waals surface area contributed by atoms with Crippen LogP contribution in [0.1, 0.15) is 11.1 Å². The van der Waals surface area contributed by atoms with E-state index in [0.717, 1.165) is 37.7 Å². The molecule has 1 saturated heterocycles. The van der Waals surface area contributed by atoms with Crippen molar-refractivity contribution in [1.29, 1.82) is 0 Å². The van der Waals surface area contributed by atoms with Gasteiger partial charge in [-0.25, -0.2) is 4.98 Å². The monoisotopic (exact) mass is 324 g/mol. The minimum Gasteiger partial charge on any atom is -0.376 e. The van der Waals surface area contributed by atoms with Crippen molar-refractivity contribution < 1.29 is 4.79 Å². The van der Waals surface area contributed by atoms with Crippen molar-refractivity contribution in [3.63, 3.8) is 0 Å². The second-order valence-corrected chi connectivity index (χ2v) is 6.29. The Kier molecular flexibility index (Phi) is 4.99. The molecule has 1 amide bonds. The van der Waals surface area contributed by atoms with Gasteiger partial charge in [-0.15, -0.1) is 0 Å². The van der Waals surface area contributed by atoms with Crippen molar-refractivity contribution in [2.45, 2.75) is 13.8 Å². The van der Waals surface area contributed by atoms with Crippen LogP contribution in [0.4, 0.5) is 11.5 Å². The number of nitrogens with zero attached hydrogens (tertiary/aromatic N) is 3. The van der Waals surface area contributed by atoms with Gasteiger partial charge in [0.25, 0.3) is 0 Å². The summed E-state index contributed by atoms with van der Waals surface area (Å²) in [7, 11) is 0. The molecular formula is C19H24N4O. The Labute approximate surface area is 143 Å². The van der Waals surface area contributed by atoms with Gasteiger partial charge in [0.1, 0.15) is 5.82 Å². The van der Waals surface area contributed by atoms with Gasteiger partial charge in [0.15, 0.2) is 0 Å². The van der Waals surface area contributed by atoms with E-state index < -0.39 is 0 Å². The lowest BCUT2D eigenvalue weighted by Gasteiger charge is -2.35. The molecule has 2 aromatic rings. The van der Waals surface area contributed by atoms with Crippen molar-refractivity contribution in [2.75, 3.05) is 42.9 Å². The molecule has 1 fully saturated rings. The van der Waals surface area contributed by atoms with Gasteiger partial charge in [-0.3, -0.25) is 4.79 Å². The molecule has 0 aliphatic carbocycles. The number of hydrogen-bond donors (Lipinski definition) is 1. The molecule has 0 saturated carbocycles. The van der Waals surface area contributed by atoms with Crippen molar-refractivity contribution in [1.82, 2.24) is 9.88 Å². The molecule has 126 valence electrons. The lowest BCUT2D eigenvalue weighted by atomic mass is 10.1. The summed E-state index contributed by atoms with van der Waals surface area (Å²) in [5.41, 5.74) is 3.41. The summed E-state index contributed by atoms with van der Waals surface area (Å²) >= 11 is 0. The third-order valence-electron chi connectivity index (χ3n) is 4.27. The van der Waals surface area contributed by atoms with E-state index in [0.29, 0.717) is 6.54 Å². The second-order valence-electron chi connectivity index (χ2n) is 6.29. The SMILES string of the molecule is Cc1cc(C)cc(NCC(=O)N2CCN(c3ccccn3)CC2)c1. The van der Waals surface area contributed by atoms with Crippen LogP contribution in [0.25, 0.3) is 0 Å². The van der Waals surface area contributed by atoms with Crippen LogP contribution >= 0.6 is 0 Å². The lowest BCUT2D eigenvalue weighted by Crippen LogP contribution is -2.50. The number of hydrogen-bond acceptors (Lipinski definition) is 4. The summed E-state index contributed by atoms with van der Waals surface area (Å²) in [6, 6.07) is 12.2. The van der Waals surface area contributed by atoms with Crippen LogP contribution in [0.5, 0.6) is 0 Å². The molecule has 5 nitrogen and oxygen atoms in total. The Morgan fingerprint density at radius 1 is 1.08 bits per heavy atom. The highest BCUT2D eigenvalue weighted by Gasteiger charge is 2.21. The number of nitrogens with one attached hydrogen (secondary N) is 1. The van der Waals surface area contributed by atoms with Crippen molar-refractivity contribution in [2.24, 2.45) is 0 Å². The molecular weight excluding hydrogens is 300 g/mol. The van der Waals surface area contributed by atoms with Crippen LogP contribution in [0.3, 0.4) is 0 Å². The van der Waals surface area contributed by atoms with E-state index in [1.807, 2.05) is 23.1 Å². The molecule has 0 spiro atoms. The van der Waals surface area contributed by atoms with E-state index >= 15 is 0 Å². The first-order valence-electron chi connectivity index (χ1n) is 8.38. The summed E-state index contributed by atoms with van der Waals surface area (Å²) < 4.78 is 0. The topological polar surface area (TPSA) is 48.5 Å². The Bertz CT molecular complexity index is 674. The third-order valence-corrected chi connectivity index (χ3v) is 4.27. The average molecular weight is 324 g/mol. The number of pyridine rings is 1. The number of benzene rings is 1. The van der Waals surface area contributed by atoms with Crippen LogP contribution in [-0.4, -0.2) is 48.5 Å². The number of amides is 1. The Morgan fingerprint density at radius 2 is 1.79 bits per heavy atom. The minimum atomic E-state index is 0.148. The number of carbonyl (C=O) groups is 1. The van der Waals surface area contributed by atoms with Gasteiger partial charge in [0.05, 0.1) is 6.54 Å². The standard InChI is InChI=1S/C19H24N4O/c1-15-11-16(2)13-17(12-15)21-14-19(24)23-9-7-22(8-10-23)18-5-3-4-6-20-18/h3-6,11-13,21H,7-10,14H2,1-2H3. The van der Waals surface area contributed by atoms with Crippen LogP contribution in [0.15, 0.2) is 42.6 Å². The maximum Gasteiger partial charge on any atom is 0.241 e.